The van der Waals surface area contributed by atoms with Crippen molar-refractivity contribution in [1.82, 2.24) is 19.4 Å². The first-order valence-electron chi connectivity index (χ1n) is 12.9. The summed E-state index contributed by atoms with van der Waals surface area (Å²) in [5, 5.41) is 25.8. The van der Waals surface area contributed by atoms with E-state index in [-0.39, 0.29) is 17.6 Å². The molecule has 0 unspecified atom stereocenters. The number of aromatic nitrogens is 2. The summed E-state index contributed by atoms with van der Waals surface area (Å²) < 4.78 is 65.6. The van der Waals surface area contributed by atoms with Crippen LogP contribution in [0.2, 0.25) is 0 Å². The van der Waals surface area contributed by atoms with Crippen LogP contribution in [0.25, 0.3) is 0 Å². The van der Waals surface area contributed by atoms with Crippen molar-refractivity contribution in [3.8, 4) is 0 Å². The summed E-state index contributed by atoms with van der Waals surface area (Å²) in [6.45, 7) is 5.18. The van der Waals surface area contributed by atoms with Gasteiger partial charge in [0.05, 0.1) is 18.7 Å². The van der Waals surface area contributed by atoms with Crippen molar-refractivity contribution in [2.75, 3.05) is 26.2 Å². The predicted octanol–water partition coefficient (Wildman–Crippen LogP) is 3.73. The van der Waals surface area contributed by atoms with Crippen LogP contribution in [-0.4, -0.2) is 91.2 Å². The van der Waals surface area contributed by atoms with E-state index in [1.54, 1.807) is 0 Å². The molecular formula is C26H32F6N4O5. The largest absolute Gasteiger partial charge is 0.490 e. The van der Waals surface area contributed by atoms with Crippen LogP contribution in [0.3, 0.4) is 0 Å². The molecule has 1 aliphatic carbocycles. The van der Waals surface area contributed by atoms with E-state index in [1.807, 2.05) is 12.4 Å². The van der Waals surface area contributed by atoms with E-state index in [2.05, 4.69) is 50.7 Å². The van der Waals surface area contributed by atoms with Crippen molar-refractivity contribution in [3.05, 3.63) is 53.6 Å². The monoisotopic (exact) mass is 594 g/mol. The SMILES string of the molecule is Cn1ccnc1CN1CCC2(CC1)c1ccccc1[C@@H](N1CCCC1)[C@@H]2O.O=C(O)C(F)(F)F.O=C(O)C(F)(F)F. The van der Waals surface area contributed by atoms with Crippen LogP contribution in [0, 0.1) is 0 Å². The number of rotatable bonds is 3. The lowest BCUT2D eigenvalue weighted by molar-refractivity contribution is -0.193. The molecule has 3 N–H and O–H groups in total. The zero-order valence-corrected chi connectivity index (χ0v) is 22.2. The van der Waals surface area contributed by atoms with Gasteiger partial charge in [0.25, 0.3) is 0 Å². The van der Waals surface area contributed by atoms with Gasteiger partial charge >= 0.3 is 24.3 Å². The number of fused-ring (bicyclic) bond motifs is 2. The molecule has 0 bridgehead atoms. The minimum atomic E-state index is -5.08. The third-order valence-corrected chi connectivity index (χ3v) is 7.73. The molecular weight excluding hydrogens is 562 g/mol. The Morgan fingerprint density at radius 2 is 1.46 bits per heavy atom. The summed E-state index contributed by atoms with van der Waals surface area (Å²) in [4.78, 5) is 27.3. The minimum Gasteiger partial charge on any atom is -0.475 e. The van der Waals surface area contributed by atoms with Gasteiger partial charge in [-0.2, -0.15) is 26.3 Å². The smallest absolute Gasteiger partial charge is 0.475 e. The molecule has 0 saturated carbocycles. The molecule has 3 aliphatic rings. The Morgan fingerprint density at radius 1 is 0.951 bits per heavy atom. The maximum atomic E-state index is 11.6. The Morgan fingerprint density at radius 3 is 1.93 bits per heavy atom. The number of nitrogens with zero attached hydrogens (tertiary/aromatic N) is 4. The molecule has 2 aliphatic heterocycles. The van der Waals surface area contributed by atoms with Crippen LogP contribution in [-0.2, 0) is 28.6 Å². The number of hydrogen-bond acceptors (Lipinski definition) is 6. The third-order valence-electron chi connectivity index (χ3n) is 7.73. The van der Waals surface area contributed by atoms with Crippen molar-refractivity contribution >= 4 is 11.9 Å². The van der Waals surface area contributed by atoms with Gasteiger partial charge in [0.15, 0.2) is 0 Å². The maximum absolute atomic E-state index is 11.6. The summed E-state index contributed by atoms with van der Waals surface area (Å²) in [5.74, 6) is -4.40. The molecule has 228 valence electrons. The fourth-order valence-electron chi connectivity index (χ4n) is 5.68. The normalized spacial score (nSPS) is 22.3. The molecule has 41 heavy (non-hydrogen) atoms. The highest BCUT2D eigenvalue weighted by atomic mass is 19.4. The number of carboxylic acids is 2. The number of imidazole rings is 1. The van der Waals surface area contributed by atoms with Gasteiger partial charge in [-0.05, 0) is 63.0 Å². The van der Waals surface area contributed by atoms with Gasteiger partial charge in [0.2, 0.25) is 0 Å². The number of aliphatic hydroxyl groups excluding tert-OH is 1. The van der Waals surface area contributed by atoms with Crippen LogP contribution in [0.1, 0.15) is 48.7 Å². The second kappa shape index (κ2) is 12.8. The highest BCUT2D eigenvalue weighted by Gasteiger charge is 2.54. The third kappa shape index (κ3) is 7.57. The Hall–Kier alpha value is -3.17. The summed E-state index contributed by atoms with van der Waals surface area (Å²) in [7, 11) is 2.06. The molecule has 5 rings (SSSR count). The van der Waals surface area contributed by atoms with Gasteiger partial charge < -0.3 is 19.9 Å². The van der Waals surface area contributed by atoms with Gasteiger partial charge in [-0.25, -0.2) is 14.6 Å². The molecule has 0 amide bonds. The molecule has 3 heterocycles. The number of halogens is 6. The lowest BCUT2D eigenvalue weighted by atomic mass is 9.72. The van der Waals surface area contributed by atoms with Crippen LogP contribution < -0.4 is 0 Å². The molecule has 2 atom stereocenters. The highest BCUT2D eigenvalue weighted by molar-refractivity contribution is 5.73. The molecule has 2 fully saturated rings. The number of piperidine rings is 1. The van der Waals surface area contributed by atoms with E-state index in [9.17, 15) is 31.4 Å². The van der Waals surface area contributed by atoms with E-state index in [4.69, 9.17) is 19.8 Å². The first-order valence-corrected chi connectivity index (χ1v) is 12.9. The number of aliphatic carboxylic acids is 2. The second-order valence-corrected chi connectivity index (χ2v) is 10.2. The lowest BCUT2D eigenvalue weighted by Crippen LogP contribution is -2.49. The van der Waals surface area contributed by atoms with Crippen molar-refractivity contribution in [2.45, 2.75) is 62.1 Å². The molecule has 2 saturated heterocycles. The average molecular weight is 595 g/mol. The Kier molecular flexibility index (Phi) is 10.1. The first-order chi connectivity index (χ1) is 19.1. The zero-order chi connectivity index (χ0) is 30.6. The molecule has 9 nitrogen and oxygen atoms in total. The fourth-order valence-corrected chi connectivity index (χ4v) is 5.68. The van der Waals surface area contributed by atoms with Crippen molar-refractivity contribution < 1.29 is 51.3 Å². The van der Waals surface area contributed by atoms with Gasteiger partial charge in [0.1, 0.15) is 5.82 Å². The van der Waals surface area contributed by atoms with E-state index >= 15 is 0 Å². The molecule has 1 spiro atoms. The van der Waals surface area contributed by atoms with Crippen LogP contribution >= 0.6 is 0 Å². The zero-order valence-electron chi connectivity index (χ0n) is 22.2. The Labute approximate surface area is 232 Å². The summed E-state index contributed by atoms with van der Waals surface area (Å²) in [5.41, 5.74) is 2.71. The molecule has 15 heteroatoms. The summed E-state index contributed by atoms with van der Waals surface area (Å²) in [6, 6.07) is 9.02. The highest BCUT2D eigenvalue weighted by Crippen LogP contribution is 2.53. The van der Waals surface area contributed by atoms with Gasteiger partial charge in [0, 0.05) is 24.9 Å². The van der Waals surface area contributed by atoms with E-state index in [0.29, 0.717) is 0 Å². The maximum Gasteiger partial charge on any atom is 0.490 e. The summed E-state index contributed by atoms with van der Waals surface area (Å²) >= 11 is 0. The van der Waals surface area contributed by atoms with Gasteiger partial charge in [-0.15, -0.1) is 0 Å². The fraction of sp³-hybridized carbons (Fsp3) is 0.577. The lowest BCUT2D eigenvalue weighted by Gasteiger charge is -2.43. The molecule has 1 aromatic carbocycles. The number of carbonyl (C=O) groups is 2. The number of likely N-dealkylation sites (tertiary alicyclic amines) is 2. The first kappa shape index (κ1) is 32.3. The number of hydrogen-bond donors (Lipinski definition) is 3. The topological polar surface area (TPSA) is 119 Å². The van der Waals surface area contributed by atoms with E-state index in [1.165, 1.54) is 24.0 Å². The molecule has 1 aromatic heterocycles. The van der Waals surface area contributed by atoms with E-state index in [0.717, 1.165) is 51.4 Å². The predicted molar refractivity (Wildman–Crippen MR) is 133 cm³/mol. The Bertz CT molecular complexity index is 1160. The van der Waals surface area contributed by atoms with E-state index < -0.39 is 24.3 Å². The van der Waals surface area contributed by atoms with Crippen LogP contribution in [0.4, 0.5) is 26.3 Å². The van der Waals surface area contributed by atoms with Gasteiger partial charge in [-0.3, -0.25) is 9.80 Å². The average Bonchev–Trinajstić information content (AvgIpc) is 3.61. The van der Waals surface area contributed by atoms with Crippen molar-refractivity contribution in [3.63, 3.8) is 0 Å². The van der Waals surface area contributed by atoms with Gasteiger partial charge in [-0.1, -0.05) is 24.3 Å². The van der Waals surface area contributed by atoms with Crippen molar-refractivity contribution in [2.24, 2.45) is 7.05 Å². The Balaban J connectivity index is 0.000000276. The number of aliphatic hydroxyl groups is 1. The second-order valence-electron chi connectivity index (χ2n) is 10.2. The quantitative estimate of drug-likeness (QED) is 0.461. The standard InChI is InChI=1S/C22H30N4O.2C2HF3O2/c1-24-15-10-23-19(24)16-25-13-8-22(9-14-25)18-7-3-2-6-17(18)20(21(22)27)26-11-4-5-12-26;2*3-2(4,5)1(6)7/h2-3,6-7,10,15,20-21,27H,4-5,8-9,11-14,16H2,1H3;2*(H,6,7)/t20-,21+;;/m1../s1. The molecule has 0 radical (unpaired) electrons. The van der Waals surface area contributed by atoms with Crippen LogP contribution in [0.5, 0.6) is 0 Å². The number of alkyl halides is 6. The number of aryl methyl sites for hydroxylation is 1. The van der Waals surface area contributed by atoms with Crippen LogP contribution in [0.15, 0.2) is 36.7 Å². The number of carboxylic acid groups (broad SMARTS) is 2. The number of benzene rings is 1. The molecule has 2 aromatic rings. The van der Waals surface area contributed by atoms with Crippen molar-refractivity contribution in [1.29, 1.82) is 0 Å². The minimum absolute atomic E-state index is 0.0814. The summed E-state index contributed by atoms with van der Waals surface area (Å²) in [6.07, 6.45) is -1.99.